The van der Waals surface area contributed by atoms with E-state index >= 15 is 0 Å². The van der Waals surface area contributed by atoms with Crippen LogP contribution >= 0.6 is 0 Å². The molecule has 2 aromatic carbocycles. The number of halogens is 1. The Morgan fingerprint density at radius 3 is 2.27 bits per heavy atom. The van der Waals surface area contributed by atoms with Crippen molar-refractivity contribution in [2.75, 3.05) is 34.4 Å². The largest absolute Gasteiger partial charge is 0.497 e. The van der Waals surface area contributed by atoms with Gasteiger partial charge in [-0.05, 0) is 54.3 Å². The van der Waals surface area contributed by atoms with Crippen LogP contribution in [0.3, 0.4) is 0 Å². The minimum absolute atomic E-state index is 0.216. The lowest BCUT2D eigenvalue weighted by atomic mass is 10.1. The molecule has 0 aliphatic heterocycles. The number of hydrogen-bond acceptors (Lipinski definition) is 3. The molecule has 2 N–H and O–H groups in total. The highest BCUT2D eigenvalue weighted by atomic mass is 19.1. The molecule has 0 fully saturated rings. The average molecular weight is 359 g/mol. The van der Waals surface area contributed by atoms with Crippen LogP contribution in [0.2, 0.25) is 0 Å². The maximum atomic E-state index is 12.9. The number of methoxy groups -OCH3 is 2. The van der Waals surface area contributed by atoms with Crippen LogP contribution < -0.4 is 20.1 Å². The third kappa shape index (κ3) is 5.95. The van der Waals surface area contributed by atoms with Crippen molar-refractivity contribution in [1.82, 2.24) is 10.6 Å². The Morgan fingerprint density at radius 1 is 0.962 bits per heavy atom. The van der Waals surface area contributed by atoms with Gasteiger partial charge in [-0.1, -0.05) is 12.1 Å². The van der Waals surface area contributed by atoms with Crippen LogP contribution in [0.1, 0.15) is 11.1 Å². The topological polar surface area (TPSA) is 54.9 Å². The van der Waals surface area contributed by atoms with E-state index < -0.39 is 0 Å². The molecule has 2 rings (SSSR count). The van der Waals surface area contributed by atoms with Crippen LogP contribution in [-0.2, 0) is 12.8 Å². The monoisotopic (exact) mass is 359 g/mol. The number of ether oxygens (including phenoxy) is 2. The van der Waals surface area contributed by atoms with Gasteiger partial charge in [0.25, 0.3) is 0 Å². The quantitative estimate of drug-likeness (QED) is 0.562. The van der Waals surface area contributed by atoms with Crippen molar-refractivity contribution in [3.8, 4) is 11.5 Å². The molecule has 0 atom stereocenters. The molecule has 0 aliphatic rings. The molecular weight excluding hydrogens is 333 g/mol. The van der Waals surface area contributed by atoms with Crippen LogP contribution in [0.5, 0.6) is 11.5 Å². The third-order valence-electron chi connectivity index (χ3n) is 4.02. The summed E-state index contributed by atoms with van der Waals surface area (Å²) in [6, 6.07) is 12.3. The summed E-state index contributed by atoms with van der Waals surface area (Å²) in [6.45, 7) is 1.42. The highest BCUT2D eigenvalue weighted by Crippen LogP contribution is 2.24. The fourth-order valence-electron chi connectivity index (χ4n) is 2.59. The smallest absolute Gasteiger partial charge is 0.190 e. The normalized spacial score (nSPS) is 11.2. The zero-order valence-corrected chi connectivity index (χ0v) is 15.5. The van der Waals surface area contributed by atoms with E-state index in [1.165, 1.54) is 12.1 Å². The van der Waals surface area contributed by atoms with Crippen molar-refractivity contribution in [3.63, 3.8) is 0 Å². The second-order valence-corrected chi connectivity index (χ2v) is 5.73. The van der Waals surface area contributed by atoms with Crippen molar-refractivity contribution in [2.45, 2.75) is 12.8 Å². The molecule has 0 spiro atoms. The zero-order valence-electron chi connectivity index (χ0n) is 15.5. The number of rotatable bonds is 8. The van der Waals surface area contributed by atoms with E-state index in [0.29, 0.717) is 13.1 Å². The van der Waals surface area contributed by atoms with Crippen molar-refractivity contribution in [2.24, 2.45) is 4.99 Å². The second-order valence-electron chi connectivity index (χ2n) is 5.73. The lowest BCUT2D eigenvalue weighted by Crippen LogP contribution is -2.39. The molecule has 0 amide bonds. The standard InChI is InChI=1S/C20H26FN3O2/c1-22-20(23-12-10-15-4-6-17(21)7-5-15)24-13-11-16-14-18(25-2)8-9-19(16)26-3/h4-9,14H,10-13H2,1-3H3,(H2,22,23,24). The first kappa shape index (κ1) is 19.6. The molecule has 0 aliphatic carbocycles. The van der Waals surface area contributed by atoms with Gasteiger partial charge in [0.2, 0.25) is 0 Å². The maximum absolute atomic E-state index is 12.9. The van der Waals surface area contributed by atoms with E-state index in [9.17, 15) is 4.39 Å². The van der Waals surface area contributed by atoms with Gasteiger partial charge < -0.3 is 20.1 Å². The van der Waals surface area contributed by atoms with Crippen molar-refractivity contribution in [3.05, 3.63) is 59.4 Å². The van der Waals surface area contributed by atoms with Gasteiger partial charge in [0.15, 0.2) is 5.96 Å². The lowest BCUT2D eigenvalue weighted by molar-refractivity contribution is 0.398. The molecule has 2 aromatic rings. The SMILES string of the molecule is CN=C(NCCc1ccc(F)cc1)NCCc1cc(OC)ccc1OC. The Balaban J connectivity index is 1.79. The number of nitrogens with zero attached hydrogens (tertiary/aromatic N) is 1. The molecule has 6 heteroatoms. The summed E-state index contributed by atoms with van der Waals surface area (Å²) in [4.78, 5) is 4.22. The highest BCUT2D eigenvalue weighted by Gasteiger charge is 2.06. The van der Waals surface area contributed by atoms with E-state index in [2.05, 4.69) is 15.6 Å². The van der Waals surface area contributed by atoms with E-state index in [4.69, 9.17) is 9.47 Å². The molecule has 0 radical (unpaired) electrons. The maximum Gasteiger partial charge on any atom is 0.190 e. The van der Waals surface area contributed by atoms with Crippen LogP contribution in [0.15, 0.2) is 47.5 Å². The molecule has 0 heterocycles. The minimum atomic E-state index is -0.216. The van der Waals surface area contributed by atoms with Crippen LogP contribution in [0.25, 0.3) is 0 Å². The predicted octanol–water partition coefficient (Wildman–Crippen LogP) is 2.79. The fourth-order valence-corrected chi connectivity index (χ4v) is 2.59. The van der Waals surface area contributed by atoms with E-state index in [1.807, 2.05) is 18.2 Å². The minimum Gasteiger partial charge on any atom is -0.497 e. The first-order valence-corrected chi connectivity index (χ1v) is 8.56. The van der Waals surface area contributed by atoms with Crippen LogP contribution in [0, 0.1) is 5.82 Å². The van der Waals surface area contributed by atoms with Crippen LogP contribution in [-0.4, -0.2) is 40.3 Å². The molecule has 0 saturated carbocycles. The molecule has 0 aromatic heterocycles. The number of hydrogen-bond donors (Lipinski definition) is 2. The zero-order chi connectivity index (χ0) is 18.8. The van der Waals surface area contributed by atoms with E-state index in [0.717, 1.165) is 41.4 Å². The summed E-state index contributed by atoms with van der Waals surface area (Å²) in [5.74, 6) is 2.16. The summed E-state index contributed by atoms with van der Waals surface area (Å²) < 4.78 is 23.6. The first-order chi connectivity index (χ1) is 12.7. The lowest BCUT2D eigenvalue weighted by Gasteiger charge is -2.14. The molecule has 0 unspecified atom stereocenters. The molecule has 26 heavy (non-hydrogen) atoms. The summed E-state index contributed by atoms with van der Waals surface area (Å²) >= 11 is 0. The van der Waals surface area contributed by atoms with Crippen molar-refractivity contribution in [1.29, 1.82) is 0 Å². The second kappa shape index (κ2) is 10.3. The van der Waals surface area contributed by atoms with Gasteiger partial charge in [0, 0.05) is 20.1 Å². The van der Waals surface area contributed by atoms with Crippen LogP contribution in [0.4, 0.5) is 4.39 Å². The Kier molecular flexibility index (Phi) is 7.74. The van der Waals surface area contributed by atoms with Crippen molar-refractivity contribution < 1.29 is 13.9 Å². The van der Waals surface area contributed by atoms with E-state index in [-0.39, 0.29) is 5.82 Å². The summed E-state index contributed by atoms with van der Waals surface area (Å²) in [5.41, 5.74) is 2.15. The predicted molar refractivity (Wildman–Crippen MR) is 103 cm³/mol. The van der Waals surface area contributed by atoms with Gasteiger partial charge in [0.1, 0.15) is 17.3 Å². The van der Waals surface area contributed by atoms with Gasteiger partial charge in [-0.25, -0.2) is 4.39 Å². The Hall–Kier alpha value is -2.76. The summed E-state index contributed by atoms with van der Waals surface area (Å²) in [5, 5.41) is 6.54. The number of benzene rings is 2. The Labute approximate surface area is 154 Å². The molecular formula is C20H26FN3O2. The van der Waals surface area contributed by atoms with Crippen molar-refractivity contribution >= 4 is 5.96 Å². The Bertz CT molecular complexity index is 717. The average Bonchev–Trinajstić information content (AvgIpc) is 2.68. The number of nitrogens with one attached hydrogen (secondary N) is 2. The van der Waals surface area contributed by atoms with Gasteiger partial charge >= 0.3 is 0 Å². The summed E-state index contributed by atoms with van der Waals surface area (Å²) in [6.07, 6.45) is 1.57. The van der Waals surface area contributed by atoms with Gasteiger partial charge in [-0.3, -0.25) is 4.99 Å². The fraction of sp³-hybridized carbons (Fsp3) is 0.350. The van der Waals surface area contributed by atoms with Gasteiger partial charge in [-0.2, -0.15) is 0 Å². The number of guanidine groups is 1. The first-order valence-electron chi connectivity index (χ1n) is 8.56. The summed E-state index contributed by atoms with van der Waals surface area (Å²) in [7, 11) is 5.05. The third-order valence-corrected chi connectivity index (χ3v) is 4.02. The molecule has 0 saturated heterocycles. The molecule has 140 valence electrons. The molecule has 0 bridgehead atoms. The number of aliphatic imine (C=N–C) groups is 1. The molecule has 5 nitrogen and oxygen atoms in total. The van der Waals surface area contributed by atoms with Gasteiger partial charge in [-0.15, -0.1) is 0 Å². The van der Waals surface area contributed by atoms with Gasteiger partial charge in [0.05, 0.1) is 14.2 Å². The van der Waals surface area contributed by atoms with E-state index in [1.54, 1.807) is 33.4 Å². The Morgan fingerprint density at radius 2 is 1.65 bits per heavy atom. The highest BCUT2D eigenvalue weighted by molar-refractivity contribution is 5.79.